The SMILES string of the molecule is COC(=O)/C(CCCC(C)C)=C1\[C@@H](OC(C)=O)C[C@@]2(C)[C@H]1C[C@@H](O)[C@H]1[C@@]3(C)CCC(=O)N[C@@H](C)[C@@H]3CC[C@@]12C. The Hall–Kier alpha value is -1.89. The summed E-state index contributed by atoms with van der Waals surface area (Å²) in [6, 6.07) is 0.0620. The zero-order valence-electron chi connectivity index (χ0n) is 25.4. The van der Waals surface area contributed by atoms with Gasteiger partial charge >= 0.3 is 11.9 Å². The Labute approximate surface area is 234 Å². The Morgan fingerprint density at radius 1 is 1.15 bits per heavy atom. The number of fused-ring (bicyclic) bond motifs is 5. The van der Waals surface area contributed by atoms with Gasteiger partial charge in [-0.2, -0.15) is 0 Å². The minimum atomic E-state index is -0.582. The number of hydrogen-bond donors (Lipinski definition) is 2. The zero-order valence-corrected chi connectivity index (χ0v) is 25.4. The van der Waals surface area contributed by atoms with E-state index in [1.54, 1.807) is 0 Å². The maximum atomic E-state index is 13.3. The van der Waals surface area contributed by atoms with Gasteiger partial charge in [-0.05, 0) is 97.4 Å². The van der Waals surface area contributed by atoms with E-state index in [-0.39, 0.29) is 52.0 Å². The molecule has 1 saturated heterocycles. The summed E-state index contributed by atoms with van der Waals surface area (Å²) in [6.07, 6.45) is 5.59. The number of aliphatic hydroxyl groups is 1. The van der Waals surface area contributed by atoms with Gasteiger partial charge in [0.1, 0.15) is 6.10 Å². The van der Waals surface area contributed by atoms with Crippen LogP contribution >= 0.6 is 0 Å². The largest absolute Gasteiger partial charge is 0.466 e. The molecule has 0 radical (unpaired) electrons. The summed E-state index contributed by atoms with van der Waals surface area (Å²) in [5, 5.41) is 15.2. The molecule has 7 heteroatoms. The summed E-state index contributed by atoms with van der Waals surface area (Å²) in [7, 11) is 1.41. The lowest BCUT2D eigenvalue weighted by Crippen LogP contribution is -2.64. The van der Waals surface area contributed by atoms with Crippen molar-refractivity contribution in [3.05, 3.63) is 11.1 Å². The molecule has 0 spiro atoms. The van der Waals surface area contributed by atoms with Gasteiger partial charge < -0.3 is 19.9 Å². The van der Waals surface area contributed by atoms with E-state index in [4.69, 9.17) is 9.47 Å². The van der Waals surface area contributed by atoms with Gasteiger partial charge in [0.25, 0.3) is 0 Å². The van der Waals surface area contributed by atoms with Gasteiger partial charge in [-0.15, -0.1) is 0 Å². The number of esters is 2. The third-order valence-corrected chi connectivity index (χ3v) is 11.7. The molecule has 4 rings (SSSR count). The number of aliphatic hydroxyl groups excluding tert-OH is 1. The maximum absolute atomic E-state index is 13.3. The lowest BCUT2D eigenvalue weighted by molar-refractivity contribution is -0.214. The smallest absolute Gasteiger partial charge is 0.333 e. The molecule has 7 nitrogen and oxygen atoms in total. The second kappa shape index (κ2) is 10.8. The standard InChI is InChI=1S/C32H51NO6/c1-18(2)10-9-11-21(29(37)38-8)27-23-16-24(35)28-30(5)14-13-26(36)33-19(3)22(30)12-15-31(28,6)32(23,7)17-25(27)39-20(4)34/h18-19,22-25,28,35H,9-17H2,1-8H3,(H,33,36)/b27-21-/t19-,22-,23-,24+,25-,28-,30-,31-,32-/m0/s1. The minimum Gasteiger partial charge on any atom is -0.466 e. The molecule has 0 bridgehead atoms. The molecule has 1 aliphatic heterocycles. The van der Waals surface area contributed by atoms with Gasteiger partial charge in [0, 0.05) is 25.0 Å². The van der Waals surface area contributed by atoms with Crippen molar-refractivity contribution in [1.29, 1.82) is 0 Å². The van der Waals surface area contributed by atoms with Crippen LogP contribution in [0.2, 0.25) is 0 Å². The lowest BCUT2D eigenvalue weighted by atomic mass is 9.38. The molecule has 4 aliphatic rings. The van der Waals surface area contributed by atoms with Gasteiger partial charge in [0.15, 0.2) is 0 Å². The van der Waals surface area contributed by atoms with E-state index in [0.29, 0.717) is 43.1 Å². The van der Waals surface area contributed by atoms with Gasteiger partial charge in [0.05, 0.1) is 13.2 Å². The Balaban J connectivity index is 1.83. The van der Waals surface area contributed by atoms with E-state index >= 15 is 0 Å². The first-order valence-corrected chi connectivity index (χ1v) is 15.2. The van der Waals surface area contributed by atoms with E-state index in [0.717, 1.165) is 37.7 Å². The van der Waals surface area contributed by atoms with E-state index < -0.39 is 12.2 Å². The Kier molecular flexibility index (Phi) is 8.35. The number of hydrogen-bond acceptors (Lipinski definition) is 6. The summed E-state index contributed by atoms with van der Waals surface area (Å²) in [5.41, 5.74) is 0.758. The zero-order chi connectivity index (χ0) is 28.9. The maximum Gasteiger partial charge on any atom is 0.333 e. The average molecular weight is 546 g/mol. The molecular formula is C32H51NO6. The number of rotatable bonds is 6. The van der Waals surface area contributed by atoms with Crippen molar-refractivity contribution < 1.29 is 29.0 Å². The summed E-state index contributed by atoms with van der Waals surface area (Å²) in [4.78, 5) is 38.2. The van der Waals surface area contributed by atoms with Gasteiger partial charge in [-0.25, -0.2) is 4.79 Å². The first kappa shape index (κ1) is 30.1. The monoisotopic (exact) mass is 545 g/mol. The second-order valence-corrected chi connectivity index (χ2v) is 14.2. The van der Waals surface area contributed by atoms with Crippen molar-refractivity contribution >= 4 is 17.8 Å². The molecule has 2 N–H and O–H groups in total. The molecule has 3 aliphatic carbocycles. The molecule has 220 valence electrons. The van der Waals surface area contributed by atoms with Crippen LogP contribution in [0.5, 0.6) is 0 Å². The number of ether oxygens (including phenoxy) is 2. The molecule has 39 heavy (non-hydrogen) atoms. The van der Waals surface area contributed by atoms with E-state index in [1.165, 1.54) is 14.0 Å². The molecule has 0 aromatic rings. The quantitative estimate of drug-likeness (QED) is 0.345. The van der Waals surface area contributed by atoms with E-state index in [2.05, 4.69) is 46.9 Å². The minimum absolute atomic E-state index is 0.00000397. The number of carbonyl (C=O) groups excluding carboxylic acids is 3. The van der Waals surface area contributed by atoms with Crippen molar-refractivity contribution in [1.82, 2.24) is 5.32 Å². The third kappa shape index (κ3) is 4.95. The molecule has 3 saturated carbocycles. The Bertz CT molecular complexity index is 1020. The van der Waals surface area contributed by atoms with Gasteiger partial charge in [-0.1, -0.05) is 41.0 Å². The fourth-order valence-corrected chi connectivity index (χ4v) is 9.86. The van der Waals surface area contributed by atoms with Crippen molar-refractivity contribution in [3.8, 4) is 0 Å². The van der Waals surface area contributed by atoms with Crippen LogP contribution in [0.15, 0.2) is 11.1 Å². The predicted octanol–water partition coefficient (Wildman–Crippen LogP) is 5.34. The van der Waals surface area contributed by atoms with Crippen LogP contribution in [-0.2, 0) is 23.9 Å². The highest BCUT2D eigenvalue weighted by atomic mass is 16.5. The average Bonchev–Trinajstić information content (AvgIpc) is 3.04. The molecule has 0 aromatic carbocycles. The molecular weight excluding hydrogens is 494 g/mol. The van der Waals surface area contributed by atoms with Crippen molar-refractivity contribution in [2.24, 2.45) is 39.9 Å². The molecule has 1 heterocycles. The Morgan fingerprint density at radius 3 is 2.46 bits per heavy atom. The van der Waals surface area contributed by atoms with Crippen LogP contribution in [-0.4, -0.2) is 48.3 Å². The fraction of sp³-hybridized carbons (Fsp3) is 0.844. The summed E-state index contributed by atoms with van der Waals surface area (Å²) < 4.78 is 11.3. The second-order valence-electron chi connectivity index (χ2n) is 14.2. The van der Waals surface area contributed by atoms with E-state index in [1.807, 2.05) is 0 Å². The summed E-state index contributed by atoms with van der Waals surface area (Å²) in [6.45, 7) is 14.8. The number of carbonyl (C=O) groups is 3. The highest BCUT2D eigenvalue weighted by Crippen LogP contribution is 2.73. The first-order chi connectivity index (χ1) is 18.2. The normalized spacial score (nSPS) is 43.0. The van der Waals surface area contributed by atoms with Crippen molar-refractivity contribution in [3.63, 3.8) is 0 Å². The molecule has 0 aromatic heterocycles. The molecule has 9 atom stereocenters. The first-order valence-electron chi connectivity index (χ1n) is 15.2. The fourth-order valence-electron chi connectivity index (χ4n) is 9.86. The number of methoxy groups -OCH3 is 1. The summed E-state index contributed by atoms with van der Waals surface area (Å²) in [5.74, 6) is 0.108. The predicted molar refractivity (Wildman–Crippen MR) is 149 cm³/mol. The third-order valence-electron chi connectivity index (χ3n) is 11.7. The highest BCUT2D eigenvalue weighted by molar-refractivity contribution is 5.90. The van der Waals surface area contributed by atoms with Crippen LogP contribution in [0, 0.1) is 39.9 Å². The topological polar surface area (TPSA) is 102 Å². The summed E-state index contributed by atoms with van der Waals surface area (Å²) >= 11 is 0. The molecule has 0 unspecified atom stereocenters. The van der Waals surface area contributed by atoms with Crippen LogP contribution in [0.25, 0.3) is 0 Å². The van der Waals surface area contributed by atoms with Crippen molar-refractivity contribution in [2.75, 3.05) is 7.11 Å². The molecule has 4 fully saturated rings. The van der Waals surface area contributed by atoms with Crippen LogP contribution in [0.1, 0.15) is 106 Å². The number of amides is 1. The molecule has 1 amide bonds. The Morgan fingerprint density at radius 2 is 1.85 bits per heavy atom. The van der Waals surface area contributed by atoms with Crippen LogP contribution in [0.3, 0.4) is 0 Å². The van der Waals surface area contributed by atoms with Gasteiger partial charge in [0.2, 0.25) is 5.91 Å². The van der Waals surface area contributed by atoms with Crippen molar-refractivity contribution in [2.45, 2.75) is 125 Å². The van der Waals surface area contributed by atoms with Crippen LogP contribution < -0.4 is 5.32 Å². The lowest BCUT2D eigenvalue weighted by Gasteiger charge is -2.67. The highest BCUT2D eigenvalue weighted by Gasteiger charge is 2.70. The van der Waals surface area contributed by atoms with E-state index in [9.17, 15) is 19.5 Å². The number of nitrogens with one attached hydrogen (secondary N) is 1. The van der Waals surface area contributed by atoms with Crippen LogP contribution in [0.4, 0.5) is 0 Å². The van der Waals surface area contributed by atoms with Gasteiger partial charge in [-0.3, -0.25) is 9.59 Å².